The number of nitrogens with zero attached hydrogens (tertiary/aromatic N) is 1. The average molecular weight is 277 g/mol. The van der Waals surface area contributed by atoms with Crippen molar-refractivity contribution in [1.82, 2.24) is 9.55 Å². The highest BCUT2D eigenvalue weighted by Crippen LogP contribution is 2.27. The fourth-order valence-corrected chi connectivity index (χ4v) is 2.52. The number of nitrogens with one attached hydrogen (secondary N) is 1. The molecule has 3 rings (SSSR count). The molecule has 0 saturated heterocycles. The number of aromatic amines is 1. The van der Waals surface area contributed by atoms with Gasteiger partial charge in [0.25, 0.3) is 5.56 Å². The zero-order valence-electron chi connectivity index (χ0n) is 8.62. The molecule has 0 radical (unpaired) electrons. The van der Waals surface area contributed by atoms with Gasteiger partial charge >= 0.3 is 0 Å². The van der Waals surface area contributed by atoms with Crippen LogP contribution in [0.15, 0.2) is 39.7 Å². The van der Waals surface area contributed by atoms with Gasteiger partial charge < -0.3 is 9.55 Å². The SMILES string of the molecule is Cn1c2ccc(Br)cc2c2cc[nH]c(=O)c21. The van der Waals surface area contributed by atoms with E-state index in [0.29, 0.717) is 0 Å². The van der Waals surface area contributed by atoms with Crippen molar-refractivity contribution in [2.45, 2.75) is 0 Å². The first-order chi connectivity index (χ1) is 7.68. The van der Waals surface area contributed by atoms with E-state index in [1.807, 2.05) is 35.9 Å². The Morgan fingerprint density at radius 2 is 2.06 bits per heavy atom. The number of rotatable bonds is 0. The Labute approximate surface area is 99.8 Å². The lowest BCUT2D eigenvalue weighted by Gasteiger charge is -1.96. The van der Waals surface area contributed by atoms with Crippen LogP contribution in [-0.2, 0) is 7.05 Å². The average Bonchev–Trinajstić information content (AvgIpc) is 2.54. The lowest BCUT2D eigenvalue weighted by Crippen LogP contribution is -2.07. The van der Waals surface area contributed by atoms with E-state index >= 15 is 0 Å². The van der Waals surface area contributed by atoms with Gasteiger partial charge in [-0.2, -0.15) is 0 Å². The Morgan fingerprint density at radius 3 is 2.88 bits per heavy atom. The Hall–Kier alpha value is -1.55. The molecule has 0 spiro atoms. The van der Waals surface area contributed by atoms with Crippen molar-refractivity contribution in [3.05, 3.63) is 45.3 Å². The number of pyridine rings is 1. The van der Waals surface area contributed by atoms with E-state index in [9.17, 15) is 4.79 Å². The van der Waals surface area contributed by atoms with Crippen LogP contribution in [0.25, 0.3) is 21.8 Å². The van der Waals surface area contributed by atoms with Crippen LogP contribution in [0.4, 0.5) is 0 Å². The highest BCUT2D eigenvalue weighted by atomic mass is 79.9. The van der Waals surface area contributed by atoms with E-state index in [0.717, 1.165) is 26.3 Å². The molecule has 0 aliphatic carbocycles. The second-order valence-electron chi connectivity index (χ2n) is 3.79. The van der Waals surface area contributed by atoms with Gasteiger partial charge in [0.1, 0.15) is 5.52 Å². The van der Waals surface area contributed by atoms with E-state index in [-0.39, 0.29) is 5.56 Å². The summed E-state index contributed by atoms with van der Waals surface area (Å²) in [6.07, 6.45) is 1.69. The van der Waals surface area contributed by atoms with Crippen LogP contribution in [0.5, 0.6) is 0 Å². The normalized spacial score (nSPS) is 11.4. The van der Waals surface area contributed by atoms with Crippen molar-refractivity contribution in [2.24, 2.45) is 7.05 Å². The molecular formula is C12H9BrN2O. The van der Waals surface area contributed by atoms with Gasteiger partial charge in [-0.25, -0.2) is 0 Å². The summed E-state index contributed by atoms with van der Waals surface area (Å²) in [4.78, 5) is 14.5. The summed E-state index contributed by atoms with van der Waals surface area (Å²) < 4.78 is 2.95. The molecule has 4 heteroatoms. The Kier molecular flexibility index (Phi) is 1.94. The molecule has 80 valence electrons. The maximum absolute atomic E-state index is 11.8. The molecule has 0 aliphatic heterocycles. The molecule has 0 fully saturated rings. The highest BCUT2D eigenvalue weighted by molar-refractivity contribution is 9.10. The van der Waals surface area contributed by atoms with Gasteiger partial charge in [0.05, 0.1) is 0 Å². The zero-order chi connectivity index (χ0) is 11.3. The number of H-pyrrole nitrogens is 1. The van der Waals surface area contributed by atoms with Crippen LogP contribution in [-0.4, -0.2) is 9.55 Å². The van der Waals surface area contributed by atoms with E-state index in [1.54, 1.807) is 6.20 Å². The first-order valence-electron chi connectivity index (χ1n) is 4.94. The summed E-state index contributed by atoms with van der Waals surface area (Å²) in [6, 6.07) is 7.97. The molecule has 1 N–H and O–H groups in total. The zero-order valence-corrected chi connectivity index (χ0v) is 10.2. The molecule has 0 bridgehead atoms. The minimum atomic E-state index is -0.0488. The minimum Gasteiger partial charge on any atom is -0.339 e. The molecular weight excluding hydrogens is 268 g/mol. The summed E-state index contributed by atoms with van der Waals surface area (Å²) in [5.41, 5.74) is 1.73. The van der Waals surface area contributed by atoms with Gasteiger partial charge in [-0.1, -0.05) is 15.9 Å². The van der Waals surface area contributed by atoms with E-state index in [1.165, 1.54) is 0 Å². The van der Waals surface area contributed by atoms with Gasteiger partial charge in [0.2, 0.25) is 0 Å². The summed E-state index contributed by atoms with van der Waals surface area (Å²) in [5, 5.41) is 2.08. The third-order valence-corrected chi connectivity index (χ3v) is 3.37. The van der Waals surface area contributed by atoms with Crippen LogP contribution in [0.1, 0.15) is 0 Å². The van der Waals surface area contributed by atoms with Gasteiger partial charge in [-0.3, -0.25) is 4.79 Å². The number of hydrogen-bond donors (Lipinski definition) is 1. The third-order valence-electron chi connectivity index (χ3n) is 2.88. The van der Waals surface area contributed by atoms with Gasteiger partial charge in [0, 0.05) is 34.0 Å². The maximum atomic E-state index is 11.8. The van der Waals surface area contributed by atoms with Crippen molar-refractivity contribution in [2.75, 3.05) is 0 Å². The summed E-state index contributed by atoms with van der Waals surface area (Å²) >= 11 is 3.45. The maximum Gasteiger partial charge on any atom is 0.272 e. The monoisotopic (exact) mass is 276 g/mol. The van der Waals surface area contributed by atoms with Crippen LogP contribution in [0, 0.1) is 0 Å². The molecule has 0 amide bonds. The number of aryl methyl sites for hydroxylation is 1. The van der Waals surface area contributed by atoms with Gasteiger partial charge in [0.15, 0.2) is 0 Å². The van der Waals surface area contributed by atoms with Crippen molar-refractivity contribution in [3.63, 3.8) is 0 Å². The van der Waals surface area contributed by atoms with E-state index in [2.05, 4.69) is 20.9 Å². The molecule has 2 heterocycles. The topological polar surface area (TPSA) is 37.8 Å². The van der Waals surface area contributed by atoms with Crippen LogP contribution >= 0.6 is 15.9 Å². The van der Waals surface area contributed by atoms with Crippen LogP contribution in [0.3, 0.4) is 0 Å². The molecule has 16 heavy (non-hydrogen) atoms. The van der Waals surface area contributed by atoms with Gasteiger partial charge in [-0.05, 0) is 24.3 Å². The largest absolute Gasteiger partial charge is 0.339 e. The Bertz CT molecular complexity index is 755. The summed E-state index contributed by atoms with van der Waals surface area (Å²) in [5.74, 6) is 0. The van der Waals surface area contributed by atoms with Crippen molar-refractivity contribution < 1.29 is 0 Å². The predicted molar refractivity (Wildman–Crippen MR) is 68.7 cm³/mol. The van der Waals surface area contributed by atoms with E-state index < -0.39 is 0 Å². The first kappa shape index (κ1) is 9.66. The molecule has 0 atom stereocenters. The fraction of sp³-hybridized carbons (Fsp3) is 0.0833. The van der Waals surface area contributed by atoms with Crippen molar-refractivity contribution in [3.8, 4) is 0 Å². The lowest BCUT2D eigenvalue weighted by atomic mass is 10.2. The molecule has 0 unspecified atom stereocenters. The van der Waals surface area contributed by atoms with Crippen molar-refractivity contribution >= 4 is 37.7 Å². The minimum absolute atomic E-state index is 0.0488. The second kappa shape index (κ2) is 3.22. The molecule has 1 aromatic carbocycles. The predicted octanol–water partition coefficient (Wildman–Crippen LogP) is 2.78. The Morgan fingerprint density at radius 1 is 1.25 bits per heavy atom. The standard InChI is InChI=1S/C12H9BrN2O/c1-15-10-3-2-7(13)6-9(10)8-4-5-14-12(16)11(8)15/h2-6H,1H3,(H,14,16). The van der Waals surface area contributed by atoms with Crippen molar-refractivity contribution in [1.29, 1.82) is 0 Å². The molecule has 0 saturated carbocycles. The molecule has 0 aliphatic rings. The van der Waals surface area contributed by atoms with E-state index in [4.69, 9.17) is 0 Å². The van der Waals surface area contributed by atoms with Crippen LogP contribution < -0.4 is 5.56 Å². The number of benzene rings is 1. The molecule has 2 aromatic heterocycles. The smallest absolute Gasteiger partial charge is 0.272 e. The lowest BCUT2D eigenvalue weighted by molar-refractivity contribution is 0.999. The summed E-state index contributed by atoms with van der Waals surface area (Å²) in [6.45, 7) is 0. The number of fused-ring (bicyclic) bond motifs is 3. The summed E-state index contributed by atoms with van der Waals surface area (Å²) in [7, 11) is 1.91. The Balaban J connectivity index is 2.71. The number of hydrogen-bond acceptors (Lipinski definition) is 1. The van der Waals surface area contributed by atoms with Gasteiger partial charge in [-0.15, -0.1) is 0 Å². The first-order valence-corrected chi connectivity index (χ1v) is 5.73. The molecule has 3 aromatic rings. The number of aromatic nitrogens is 2. The quantitative estimate of drug-likeness (QED) is 0.674. The number of halogens is 1. The third kappa shape index (κ3) is 1.16. The highest BCUT2D eigenvalue weighted by Gasteiger charge is 2.10. The second-order valence-corrected chi connectivity index (χ2v) is 4.71. The molecule has 3 nitrogen and oxygen atoms in total. The fourth-order valence-electron chi connectivity index (χ4n) is 2.16. The van der Waals surface area contributed by atoms with Crippen LogP contribution in [0.2, 0.25) is 0 Å².